The van der Waals surface area contributed by atoms with Crippen LogP contribution in [0, 0.1) is 5.92 Å². The van der Waals surface area contributed by atoms with Gasteiger partial charge in [0.1, 0.15) is 5.76 Å². The molecule has 6 heteroatoms. The van der Waals surface area contributed by atoms with E-state index in [9.17, 15) is 14.4 Å². The lowest BCUT2D eigenvalue weighted by Gasteiger charge is -2.29. The van der Waals surface area contributed by atoms with Crippen molar-refractivity contribution >= 4 is 17.7 Å². The highest BCUT2D eigenvalue weighted by Crippen LogP contribution is 2.38. The summed E-state index contributed by atoms with van der Waals surface area (Å²) in [5.74, 6) is -0.483. The molecule has 0 saturated carbocycles. The Morgan fingerprint density at radius 1 is 1.10 bits per heavy atom. The average molecular weight is 397 g/mol. The molecule has 0 bridgehead atoms. The molecule has 29 heavy (non-hydrogen) atoms. The van der Waals surface area contributed by atoms with E-state index in [1.807, 2.05) is 20.8 Å². The lowest BCUT2D eigenvalue weighted by atomic mass is 9.82. The number of nitrogens with one attached hydrogen (secondary N) is 1. The number of allylic oxidation sites excluding steroid dienone is 3. The molecule has 1 aliphatic rings. The minimum absolute atomic E-state index is 0.164. The fraction of sp³-hybridized carbons (Fsp3) is 0.348. The van der Waals surface area contributed by atoms with Crippen LogP contribution in [0.25, 0.3) is 0 Å². The largest absolute Gasteiger partial charge is 0.501 e. The standard InChI is InChI=1S/C23H27NO5/c1-7-19(28-5)18(13-12-15(4)14(2)3)23(24-22(27)29-6)20(25)16-10-8-9-11-17(16)21(23)26/h8-14H,4,7H2,1-3,5-6H3,(H,24,27)/b13-12-,19-18-. The van der Waals surface area contributed by atoms with Crippen LogP contribution in [0.2, 0.25) is 0 Å². The Morgan fingerprint density at radius 2 is 1.66 bits per heavy atom. The second kappa shape index (κ2) is 8.90. The first-order valence-corrected chi connectivity index (χ1v) is 9.43. The van der Waals surface area contributed by atoms with Crippen molar-refractivity contribution in [3.63, 3.8) is 0 Å². The smallest absolute Gasteiger partial charge is 0.408 e. The van der Waals surface area contributed by atoms with Crippen molar-refractivity contribution in [2.24, 2.45) is 5.92 Å². The number of benzene rings is 1. The summed E-state index contributed by atoms with van der Waals surface area (Å²) in [6.07, 6.45) is 2.88. The number of ether oxygens (including phenoxy) is 2. The molecule has 0 spiro atoms. The Morgan fingerprint density at radius 3 is 2.07 bits per heavy atom. The van der Waals surface area contributed by atoms with Gasteiger partial charge in [-0.2, -0.15) is 0 Å². The molecule has 0 unspecified atom stereocenters. The van der Waals surface area contributed by atoms with Crippen molar-refractivity contribution < 1.29 is 23.9 Å². The first kappa shape index (κ1) is 22.1. The van der Waals surface area contributed by atoms with E-state index >= 15 is 0 Å². The Bertz CT molecular complexity index is 867. The third kappa shape index (κ3) is 3.88. The average Bonchev–Trinajstić information content (AvgIpc) is 2.93. The molecule has 0 radical (unpaired) electrons. The molecule has 0 heterocycles. The molecule has 1 aromatic rings. The summed E-state index contributed by atoms with van der Waals surface area (Å²) < 4.78 is 10.2. The molecule has 0 fully saturated rings. The first-order valence-electron chi connectivity index (χ1n) is 9.43. The van der Waals surface area contributed by atoms with Gasteiger partial charge in [-0.15, -0.1) is 0 Å². The molecule has 0 aromatic heterocycles. The van der Waals surface area contributed by atoms with Gasteiger partial charge in [-0.1, -0.05) is 69.3 Å². The summed E-state index contributed by atoms with van der Waals surface area (Å²) >= 11 is 0. The number of rotatable bonds is 7. The van der Waals surface area contributed by atoms with Gasteiger partial charge < -0.3 is 9.47 Å². The van der Waals surface area contributed by atoms with Crippen LogP contribution < -0.4 is 5.32 Å². The summed E-state index contributed by atoms with van der Waals surface area (Å²) in [5.41, 5.74) is -0.409. The maximum absolute atomic E-state index is 13.5. The Balaban J connectivity index is 2.80. The summed E-state index contributed by atoms with van der Waals surface area (Å²) in [5, 5.41) is 2.51. The predicted molar refractivity (Wildman–Crippen MR) is 111 cm³/mol. The Labute approximate surface area is 171 Å². The fourth-order valence-electron chi connectivity index (χ4n) is 3.27. The van der Waals surface area contributed by atoms with Crippen LogP contribution in [0.1, 0.15) is 47.9 Å². The van der Waals surface area contributed by atoms with E-state index in [4.69, 9.17) is 9.47 Å². The third-order valence-electron chi connectivity index (χ3n) is 5.05. The molecule has 1 aromatic carbocycles. The number of fused-ring (bicyclic) bond motifs is 1. The predicted octanol–water partition coefficient (Wildman–Crippen LogP) is 4.24. The summed E-state index contributed by atoms with van der Waals surface area (Å²) in [6.45, 7) is 9.82. The zero-order valence-corrected chi connectivity index (χ0v) is 17.5. The number of carbonyl (C=O) groups is 3. The third-order valence-corrected chi connectivity index (χ3v) is 5.05. The molecule has 6 nitrogen and oxygen atoms in total. The van der Waals surface area contributed by atoms with Crippen molar-refractivity contribution in [3.05, 3.63) is 71.0 Å². The second-order valence-corrected chi connectivity index (χ2v) is 7.03. The first-order chi connectivity index (χ1) is 13.7. The monoisotopic (exact) mass is 397 g/mol. The molecule has 1 N–H and O–H groups in total. The van der Waals surface area contributed by atoms with E-state index < -0.39 is 23.2 Å². The lowest BCUT2D eigenvalue weighted by molar-refractivity contribution is 0.0775. The number of hydrogen-bond acceptors (Lipinski definition) is 5. The number of ketones is 2. The molecule has 1 amide bonds. The Hall–Kier alpha value is -3.15. The van der Waals surface area contributed by atoms with Crippen LogP contribution >= 0.6 is 0 Å². The summed E-state index contributed by atoms with van der Waals surface area (Å²) in [7, 11) is 2.64. The zero-order chi connectivity index (χ0) is 21.8. The van der Waals surface area contributed by atoms with Crippen molar-refractivity contribution in [2.45, 2.75) is 32.7 Å². The van der Waals surface area contributed by atoms with Crippen LogP contribution in [-0.4, -0.2) is 37.4 Å². The van der Waals surface area contributed by atoms with Gasteiger partial charge in [0.2, 0.25) is 11.6 Å². The van der Waals surface area contributed by atoms with Crippen molar-refractivity contribution in [2.75, 3.05) is 14.2 Å². The van der Waals surface area contributed by atoms with Crippen LogP contribution in [0.3, 0.4) is 0 Å². The Kier molecular flexibility index (Phi) is 6.80. The number of methoxy groups -OCH3 is 2. The highest BCUT2D eigenvalue weighted by Gasteiger charge is 2.57. The van der Waals surface area contributed by atoms with Gasteiger partial charge in [-0.25, -0.2) is 4.79 Å². The van der Waals surface area contributed by atoms with Gasteiger partial charge in [-0.05, 0) is 5.92 Å². The van der Waals surface area contributed by atoms with Crippen LogP contribution in [0.15, 0.2) is 59.9 Å². The van der Waals surface area contributed by atoms with Gasteiger partial charge in [0.15, 0.2) is 5.54 Å². The quantitative estimate of drug-likeness (QED) is 0.423. The van der Waals surface area contributed by atoms with E-state index in [2.05, 4.69) is 11.9 Å². The molecular weight excluding hydrogens is 370 g/mol. The number of amides is 1. The maximum Gasteiger partial charge on any atom is 0.408 e. The molecule has 2 rings (SSSR count). The maximum atomic E-state index is 13.5. The summed E-state index contributed by atoms with van der Waals surface area (Å²) in [4.78, 5) is 39.2. The van der Waals surface area contributed by atoms with Gasteiger partial charge in [0, 0.05) is 23.1 Å². The molecule has 0 aliphatic heterocycles. The van der Waals surface area contributed by atoms with E-state index in [-0.39, 0.29) is 22.6 Å². The van der Waals surface area contributed by atoms with Crippen molar-refractivity contribution in [3.8, 4) is 0 Å². The van der Waals surface area contributed by atoms with Gasteiger partial charge in [0.25, 0.3) is 0 Å². The van der Waals surface area contributed by atoms with Gasteiger partial charge in [-0.3, -0.25) is 14.9 Å². The fourth-order valence-corrected chi connectivity index (χ4v) is 3.27. The minimum Gasteiger partial charge on any atom is -0.501 e. The highest BCUT2D eigenvalue weighted by molar-refractivity contribution is 6.36. The van der Waals surface area contributed by atoms with E-state index in [1.54, 1.807) is 36.4 Å². The van der Waals surface area contributed by atoms with Gasteiger partial charge >= 0.3 is 6.09 Å². The van der Waals surface area contributed by atoms with Crippen molar-refractivity contribution in [1.29, 1.82) is 0 Å². The zero-order valence-electron chi connectivity index (χ0n) is 17.5. The summed E-state index contributed by atoms with van der Waals surface area (Å²) in [6, 6.07) is 6.50. The normalized spacial score (nSPS) is 15.9. The SMILES string of the molecule is C=C(/C=C\C(=C(/CC)OC)C1(NC(=O)OC)C(=O)c2ccccc2C1=O)C(C)C. The topological polar surface area (TPSA) is 81.7 Å². The molecule has 1 aliphatic carbocycles. The second-order valence-electron chi connectivity index (χ2n) is 7.03. The lowest BCUT2D eigenvalue weighted by Crippen LogP contribution is -2.58. The van der Waals surface area contributed by atoms with Crippen LogP contribution in [-0.2, 0) is 9.47 Å². The van der Waals surface area contributed by atoms with Crippen LogP contribution in [0.4, 0.5) is 4.79 Å². The van der Waals surface area contributed by atoms with E-state index in [1.165, 1.54) is 14.2 Å². The number of alkyl carbamates (subject to hydrolysis) is 1. The van der Waals surface area contributed by atoms with E-state index in [0.717, 1.165) is 5.57 Å². The minimum atomic E-state index is -1.97. The highest BCUT2D eigenvalue weighted by atomic mass is 16.5. The van der Waals surface area contributed by atoms with Gasteiger partial charge in [0.05, 0.1) is 14.2 Å². The van der Waals surface area contributed by atoms with E-state index in [0.29, 0.717) is 12.2 Å². The molecular formula is C23H27NO5. The van der Waals surface area contributed by atoms with Crippen molar-refractivity contribution in [1.82, 2.24) is 5.32 Å². The molecule has 0 saturated heterocycles. The number of Topliss-reactive ketones (excluding diaryl/α,β-unsaturated/α-hetero) is 2. The number of hydrogen-bond donors (Lipinski definition) is 1. The van der Waals surface area contributed by atoms with Crippen LogP contribution in [0.5, 0.6) is 0 Å². The molecule has 0 atom stereocenters. The molecule has 154 valence electrons. The number of carbonyl (C=O) groups excluding carboxylic acids is 3.